The van der Waals surface area contributed by atoms with E-state index in [9.17, 15) is 4.79 Å². The fourth-order valence-electron chi connectivity index (χ4n) is 2.62. The van der Waals surface area contributed by atoms with Crippen LogP contribution in [0.2, 0.25) is 0 Å². The molecular formula is C15H20N4O2. The number of nitrogens with zero attached hydrogens (tertiary/aromatic N) is 4. The van der Waals surface area contributed by atoms with Crippen molar-refractivity contribution in [1.82, 2.24) is 19.7 Å². The van der Waals surface area contributed by atoms with Crippen molar-refractivity contribution in [3.8, 4) is 0 Å². The number of hydrogen-bond acceptors (Lipinski definition) is 4. The summed E-state index contributed by atoms with van der Waals surface area (Å²) in [7, 11) is 0. The third kappa shape index (κ3) is 2.46. The van der Waals surface area contributed by atoms with Gasteiger partial charge in [0, 0.05) is 25.4 Å². The van der Waals surface area contributed by atoms with Crippen LogP contribution in [-0.4, -0.2) is 32.1 Å². The second-order valence-electron chi connectivity index (χ2n) is 5.63. The van der Waals surface area contributed by atoms with Crippen molar-refractivity contribution < 1.29 is 9.21 Å². The molecule has 6 heteroatoms. The number of hydrogen-bond donors (Lipinski definition) is 0. The third-order valence-corrected chi connectivity index (χ3v) is 3.81. The summed E-state index contributed by atoms with van der Waals surface area (Å²) in [4.78, 5) is 14.2. The molecule has 2 aromatic rings. The first-order valence-electron chi connectivity index (χ1n) is 7.40. The molecule has 0 saturated carbocycles. The van der Waals surface area contributed by atoms with E-state index in [1.807, 2.05) is 13.0 Å². The van der Waals surface area contributed by atoms with Gasteiger partial charge in [0.2, 0.25) is 0 Å². The molecule has 0 aromatic carbocycles. The normalized spacial score (nSPS) is 14.6. The van der Waals surface area contributed by atoms with Crippen molar-refractivity contribution >= 4 is 5.91 Å². The van der Waals surface area contributed by atoms with E-state index in [1.54, 1.807) is 11.0 Å². The van der Waals surface area contributed by atoms with Crippen LogP contribution in [0.5, 0.6) is 0 Å². The molecule has 1 aliphatic rings. The highest BCUT2D eigenvalue weighted by Gasteiger charge is 2.27. The second kappa shape index (κ2) is 5.35. The van der Waals surface area contributed by atoms with Gasteiger partial charge in [-0.15, -0.1) is 10.2 Å². The van der Waals surface area contributed by atoms with Crippen LogP contribution >= 0.6 is 0 Å². The molecule has 3 rings (SSSR count). The smallest absolute Gasteiger partial charge is 0.290 e. The van der Waals surface area contributed by atoms with Gasteiger partial charge in [0.05, 0.1) is 6.54 Å². The molecule has 6 nitrogen and oxygen atoms in total. The zero-order valence-electron chi connectivity index (χ0n) is 12.7. The molecular weight excluding hydrogens is 268 g/mol. The van der Waals surface area contributed by atoms with Gasteiger partial charge in [0.15, 0.2) is 11.6 Å². The number of rotatable bonds is 3. The first-order valence-corrected chi connectivity index (χ1v) is 7.40. The number of amides is 1. The molecule has 0 aliphatic carbocycles. The summed E-state index contributed by atoms with van der Waals surface area (Å²) >= 11 is 0. The van der Waals surface area contributed by atoms with E-state index in [1.165, 1.54) is 0 Å². The number of carbonyl (C=O) groups excluding carboxylic acids is 1. The highest BCUT2D eigenvalue weighted by Crippen LogP contribution is 2.20. The highest BCUT2D eigenvalue weighted by atomic mass is 16.4. The van der Waals surface area contributed by atoms with Gasteiger partial charge in [-0.3, -0.25) is 4.79 Å². The average Bonchev–Trinajstić information content (AvgIpc) is 3.12. The van der Waals surface area contributed by atoms with Crippen LogP contribution < -0.4 is 0 Å². The molecule has 0 spiro atoms. The Morgan fingerprint density at radius 2 is 2.14 bits per heavy atom. The Labute approximate surface area is 123 Å². The third-order valence-electron chi connectivity index (χ3n) is 3.81. The molecule has 21 heavy (non-hydrogen) atoms. The predicted octanol–water partition coefficient (Wildman–Crippen LogP) is 2.21. The van der Waals surface area contributed by atoms with E-state index < -0.39 is 0 Å². The first kappa shape index (κ1) is 13.9. The Kier molecular flexibility index (Phi) is 3.53. The molecule has 0 saturated heterocycles. The second-order valence-corrected chi connectivity index (χ2v) is 5.63. The van der Waals surface area contributed by atoms with E-state index in [-0.39, 0.29) is 5.91 Å². The SMILES string of the molecule is CCc1ccc(C(=O)N2CCn3c(nnc3C(C)C)C2)o1. The number of aromatic nitrogens is 3. The molecule has 112 valence electrons. The summed E-state index contributed by atoms with van der Waals surface area (Å²) in [5.41, 5.74) is 0. The number of fused-ring (bicyclic) bond motifs is 1. The van der Waals surface area contributed by atoms with Gasteiger partial charge in [-0.05, 0) is 12.1 Å². The van der Waals surface area contributed by atoms with Crippen LogP contribution in [0.25, 0.3) is 0 Å². The summed E-state index contributed by atoms with van der Waals surface area (Å²) in [6.07, 6.45) is 0.791. The minimum Gasteiger partial charge on any atom is -0.456 e. The van der Waals surface area contributed by atoms with E-state index >= 15 is 0 Å². The Morgan fingerprint density at radius 1 is 1.33 bits per heavy atom. The Balaban J connectivity index is 1.78. The minimum absolute atomic E-state index is 0.0740. The molecule has 0 bridgehead atoms. The Morgan fingerprint density at radius 3 is 2.81 bits per heavy atom. The minimum atomic E-state index is -0.0740. The standard InChI is InChI=1S/C15H20N4O2/c1-4-11-5-6-12(21-11)15(20)18-7-8-19-13(9-18)16-17-14(19)10(2)3/h5-6,10H,4,7-9H2,1-3H3. The Hall–Kier alpha value is -2.11. The van der Waals surface area contributed by atoms with Crippen LogP contribution in [0.3, 0.4) is 0 Å². The summed E-state index contributed by atoms with van der Waals surface area (Å²) in [6.45, 7) is 8.09. The van der Waals surface area contributed by atoms with E-state index in [4.69, 9.17) is 4.42 Å². The molecule has 2 aromatic heterocycles. The number of aryl methyl sites for hydroxylation is 1. The topological polar surface area (TPSA) is 64.2 Å². The van der Waals surface area contributed by atoms with Crippen LogP contribution in [-0.2, 0) is 19.5 Å². The summed E-state index contributed by atoms with van der Waals surface area (Å²) < 4.78 is 7.66. The van der Waals surface area contributed by atoms with Gasteiger partial charge in [0.1, 0.15) is 11.6 Å². The van der Waals surface area contributed by atoms with Gasteiger partial charge in [-0.1, -0.05) is 20.8 Å². The van der Waals surface area contributed by atoms with Gasteiger partial charge in [0.25, 0.3) is 5.91 Å². The fraction of sp³-hybridized carbons (Fsp3) is 0.533. The quantitative estimate of drug-likeness (QED) is 0.868. The molecule has 1 aliphatic heterocycles. The van der Waals surface area contributed by atoms with Crippen molar-refractivity contribution in [3.63, 3.8) is 0 Å². The van der Waals surface area contributed by atoms with Gasteiger partial charge < -0.3 is 13.9 Å². The van der Waals surface area contributed by atoms with Crippen molar-refractivity contribution in [2.45, 2.75) is 46.2 Å². The monoisotopic (exact) mass is 288 g/mol. The molecule has 1 amide bonds. The molecule has 0 radical (unpaired) electrons. The summed E-state index contributed by atoms with van der Waals surface area (Å²) in [5.74, 6) is 3.34. The molecule has 0 N–H and O–H groups in total. The first-order chi connectivity index (χ1) is 10.1. The van der Waals surface area contributed by atoms with Crippen molar-refractivity contribution in [2.24, 2.45) is 0 Å². The number of carbonyl (C=O) groups is 1. The van der Waals surface area contributed by atoms with Crippen LogP contribution in [0.1, 0.15) is 54.7 Å². The largest absolute Gasteiger partial charge is 0.456 e. The van der Waals surface area contributed by atoms with E-state index in [0.717, 1.165) is 30.4 Å². The fourth-order valence-corrected chi connectivity index (χ4v) is 2.62. The lowest BCUT2D eigenvalue weighted by Gasteiger charge is -2.27. The molecule has 3 heterocycles. The molecule has 0 unspecified atom stereocenters. The van der Waals surface area contributed by atoms with Crippen molar-refractivity contribution in [2.75, 3.05) is 6.54 Å². The van der Waals surface area contributed by atoms with Crippen LogP contribution in [0, 0.1) is 0 Å². The van der Waals surface area contributed by atoms with Gasteiger partial charge >= 0.3 is 0 Å². The maximum absolute atomic E-state index is 12.5. The average molecular weight is 288 g/mol. The zero-order chi connectivity index (χ0) is 15.0. The van der Waals surface area contributed by atoms with E-state index in [2.05, 4.69) is 28.6 Å². The van der Waals surface area contributed by atoms with Gasteiger partial charge in [-0.25, -0.2) is 0 Å². The lowest BCUT2D eigenvalue weighted by atomic mass is 10.2. The van der Waals surface area contributed by atoms with Crippen molar-refractivity contribution in [3.05, 3.63) is 35.3 Å². The maximum atomic E-state index is 12.5. The van der Waals surface area contributed by atoms with Gasteiger partial charge in [-0.2, -0.15) is 0 Å². The maximum Gasteiger partial charge on any atom is 0.290 e. The van der Waals surface area contributed by atoms with Crippen molar-refractivity contribution in [1.29, 1.82) is 0 Å². The highest BCUT2D eigenvalue weighted by molar-refractivity contribution is 5.91. The predicted molar refractivity (Wildman–Crippen MR) is 76.9 cm³/mol. The molecule has 0 fully saturated rings. The summed E-state index contributed by atoms with van der Waals surface area (Å²) in [6, 6.07) is 3.61. The lowest BCUT2D eigenvalue weighted by molar-refractivity contribution is 0.0672. The Bertz CT molecular complexity index is 656. The molecule has 0 atom stereocenters. The lowest BCUT2D eigenvalue weighted by Crippen LogP contribution is -2.38. The zero-order valence-corrected chi connectivity index (χ0v) is 12.7. The summed E-state index contributed by atoms with van der Waals surface area (Å²) in [5, 5.41) is 8.45. The van der Waals surface area contributed by atoms with E-state index in [0.29, 0.717) is 24.8 Å². The van der Waals surface area contributed by atoms with Crippen LogP contribution in [0.15, 0.2) is 16.5 Å². The van der Waals surface area contributed by atoms with Crippen LogP contribution in [0.4, 0.5) is 0 Å². The number of furan rings is 1.